The molecule has 0 radical (unpaired) electrons. The molecule has 0 spiro atoms. The Morgan fingerprint density at radius 3 is 2.70 bits per heavy atom. The van der Waals surface area contributed by atoms with Crippen LogP contribution in [0, 0.1) is 5.92 Å². The van der Waals surface area contributed by atoms with Gasteiger partial charge in [0.25, 0.3) is 5.91 Å². The fourth-order valence-electron chi connectivity index (χ4n) is 4.45. The van der Waals surface area contributed by atoms with Gasteiger partial charge in [-0.1, -0.05) is 25.3 Å². The van der Waals surface area contributed by atoms with Crippen molar-refractivity contribution in [2.24, 2.45) is 5.92 Å². The standard InChI is InChI=1S/C19H25NO3/c21-19(15-8-4-10-17-18(15)23-13-12-22-17)20-11-5-9-16(20)14-6-2-1-3-7-14/h4,8,10,14,16H,1-3,5-7,9,11-13H2/t16-/m0/s1. The van der Waals surface area contributed by atoms with E-state index < -0.39 is 0 Å². The summed E-state index contributed by atoms with van der Waals surface area (Å²) in [6, 6.07) is 6.08. The highest BCUT2D eigenvalue weighted by Gasteiger charge is 2.36. The minimum absolute atomic E-state index is 0.125. The quantitative estimate of drug-likeness (QED) is 0.836. The highest BCUT2D eigenvalue weighted by molar-refractivity contribution is 5.98. The molecule has 2 aliphatic heterocycles. The Balaban J connectivity index is 1.58. The number of likely N-dealkylation sites (tertiary alicyclic amines) is 1. The molecule has 1 aliphatic carbocycles. The maximum atomic E-state index is 13.2. The summed E-state index contributed by atoms with van der Waals surface area (Å²) in [6.45, 7) is 1.95. The van der Waals surface area contributed by atoms with E-state index in [0.717, 1.165) is 19.4 Å². The maximum absolute atomic E-state index is 13.2. The lowest BCUT2D eigenvalue weighted by molar-refractivity contribution is 0.0652. The summed E-state index contributed by atoms with van der Waals surface area (Å²) in [4.78, 5) is 15.3. The van der Waals surface area contributed by atoms with Crippen molar-refractivity contribution in [2.45, 2.75) is 51.0 Å². The second-order valence-electron chi connectivity index (χ2n) is 6.94. The van der Waals surface area contributed by atoms with Crippen molar-refractivity contribution in [1.82, 2.24) is 4.90 Å². The van der Waals surface area contributed by atoms with Gasteiger partial charge in [0.1, 0.15) is 13.2 Å². The van der Waals surface area contributed by atoms with E-state index >= 15 is 0 Å². The van der Waals surface area contributed by atoms with Crippen LogP contribution in [0.5, 0.6) is 11.5 Å². The number of carbonyl (C=O) groups excluding carboxylic acids is 1. The molecule has 1 aromatic rings. The van der Waals surface area contributed by atoms with Crippen molar-refractivity contribution in [3.63, 3.8) is 0 Å². The third-order valence-electron chi connectivity index (χ3n) is 5.55. The molecule has 0 N–H and O–H groups in total. The van der Waals surface area contributed by atoms with Crippen LogP contribution >= 0.6 is 0 Å². The molecule has 2 heterocycles. The predicted octanol–water partition coefficient (Wildman–Crippen LogP) is 3.64. The summed E-state index contributed by atoms with van der Waals surface area (Å²) in [6.07, 6.45) is 8.83. The molecule has 0 unspecified atom stereocenters. The van der Waals surface area contributed by atoms with E-state index in [9.17, 15) is 4.79 Å². The van der Waals surface area contributed by atoms with Crippen LogP contribution in [-0.4, -0.2) is 36.6 Å². The van der Waals surface area contributed by atoms with Gasteiger partial charge in [-0.2, -0.15) is 0 Å². The van der Waals surface area contributed by atoms with Gasteiger partial charge in [-0.15, -0.1) is 0 Å². The molecule has 2 fully saturated rings. The summed E-state index contributed by atoms with van der Waals surface area (Å²) in [5, 5.41) is 0. The van der Waals surface area contributed by atoms with Crippen LogP contribution < -0.4 is 9.47 Å². The van der Waals surface area contributed by atoms with Gasteiger partial charge in [-0.25, -0.2) is 0 Å². The summed E-state index contributed by atoms with van der Waals surface area (Å²) >= 11 is 0. The third kappa shape index (κ3) is 2.79. The van der Waals surface area contributed by atoms with Crippen LogP contribution in [0.15, 0.2) is 18.2 Å². The first kappa shape index (κ1) is 14.9. The monoisotopic (exact) mass is 315 g/mol. The van der Waals surface area contributed by atoms with Gasteiger partial charge < -0.3 is 14.4 Å². The Labute approximate surface area is 137 Å². The molecule has 1 atom stereocenters. The number of para-hydroxylation sites is 1. The molecule has 0 aromatic heterocycles. The van der Waals surface area contributed by atoms with E-state index in [-0.39, 0.29) is 5.91 Å². The van der Waals surface area contributed by atoms with Gasteiger partial charge >= 0.3 is 0 Å². The largest absolute Gasteiger partial charge is 0.486 e. The average molecular weight is 315 g/mol. The van der Waals surface area contributed by atoms with Crippen LogP contribution in [0.25, 0.3) is 0 Å². The molecule has 1 saturated heterocycles. The molecule has 4 nitrogen and oxygen atoms in total. The summed E-state index contributed by atoms with van der Waals surface area (Å²) in [5.41, 5.74) is 0.671. The van der Waals surface area contributed by atoms with Crippen molar-refractivity contribution < 1.29 is 14.3 Å². The zero-order chi connectivity index (χ0) is 15.6. The maximum Gasteiger partial charge on any atom is 0.258 e. The predicted molar refractivity (Wildman–Crippen MR) is 88.1 cm³/mol. The topological polar surface area (TPSA) is 38.8 Å². The Morgan fingerprint density at radius 1 is 1.00 bits per heavy atom. The number of ether oxygens (including phenoxy) is 2. The van der Waals surface area contributed by atoms with E-state index in [1.165, 1.54) is 32.1 Å². The molecular formula is C19H25NO3. The van der Waals surface area contributed by atoms with E-state index in [0.29, 0.717) is 42.2 Å². The number of hydrogen-bond acceptors (Lipinski definition) is 3. The van der Waals surface area contributed by atoms with E-state index in [4.69, 9.17) is 9.47 Å². The van der Waals surface area contributed by atoms with Crippen molar-refractivity contribution in [1.29, 1.82) is 0 Å². The van der Waals surface area contributed by atoms with Gasteiger partial charge in [0, 0.05) is 12.6 Å². The van der Waals surface area contributed by atoms with Gasteiger partial charge in [-0.05, 0) is 43.7 Å². The summed E-state index contributed by atoms with van der Waals surface area (Å²) in [7, 11) is 0. The molecule has 1 amide bonds. The Morgan fingerprint density at radius 2 is 1.83 bits per heavy atom. The number of benzene rings is 1. The summed E-state index contributed by atoms with van der Waals surface area (Å²) < 4.78 is 11.4. The fraction of sp³-hybridized carbons (Fsp3) is 0.632. The molecule has 3 aliphatic rings. The smallest absolute Gasteiger partial charge is 0.258 e. The molecule has 1 saturated carbocycles. The lowest BCUT2D eigenvalue weighted by Gasteiger charge is -2.34. The second-order valence-corrected chi connectivity index (χ2v) is 6.94. The second kappa shape index (κ2) is 6.42. The van der Waals surface area contributed by atoms with Gasteiger partial charge in [-0.3, -0.25) is 4.79 Å². The fourth-order valence-corrected chi connectivity index (χ4v) is 4.45. The Hall–Kier alpha value is -1.71. The molecule has 0 bridgehead atoms. The van der Waals surface area contributed by atoms with Crippen LogP contribution in [0.3, 0.4) is 0 Å². The van der Waals surface area contributed by atoms with Crippen LogP contribution in [-0.2, 0) is 0 Å². The van der Waals surface area contributed by atoms with Crippen molar-refractivity contribution in [3.05, 3.63) is 23.8 Å². The molecule has 1 aromatic carbocycles. The van der Waals surface area contributed by atoms with E-state index in [1.807, 2.05) is 18.2 Å². The molecule has 4 rings (SSSR count). The molecular weight excluding hydrogens is 290 g/mol. The Kier molecular flexibility index (Phi) is 4.15. The van der Waals surface area contributed by atoms with Crippen LogP contribution in [0.2, 0.25) is 0 Å². The number of fused-ring (bicyclic) bond motifs is 1. The number of nitrogens with zero attached hydrogens (tertiary/aromatic N) is 1. The lowest BCUT2D eigenvalue weighted by Crippen LogP contribution is -2.41. The van der Waals surface area contributed by atoms with Crippen molar-refractivity contribution in [2.75, 3.05) is 19.8 Å². The van der Waals surface area contributed by atoms with Crippen molar-refractivity contribution in [3.8, 4) is 11.5 Å². The normalized spacial score (nSPS) is 24.7. The van der Waals surface area contributed by atoms with Gasteiger partial charge in [0.05, 0.1) is 5.56 Å². The van der Waals surface area contributed by atoms with E-state index in [1.54, 1.807) is 0 Å². The first-order chi connectivity index (χ1) is 11.3. The number of amides is 1. The average Bonchev–Trinajstić information content (AvgIpc) is 3.11. The first-order valence-electron chi connectivity index (χ1n) is 9.04. The first-order valence-corrected chi connectivity index (χ1v) is 9.04. The third-order valence-corrected chi connectivity index (χ3v) is 5.55. The highest BCUT2D eigenvalue weighted by Crippen LogP contribution is 2.38. The molecule has 23 heavy (non-hydrogen) atoms. The minimum atomic E-state index is 0.125. The number of rotatable bonds is 2. The lowest BCUT2D eigenvalue weighted by atomic mass is 9.83. The number of carbonyl (C=O) groups is 1. The van der Waals surface area contributed by atoms with Gasteiger partial charge in [0.15, 0.2) is 11.5 Å². The van der Waals surface area contributed by atoms with E-state index in [2.05, 4.69) is 4.90 Å². The van der Waals surface area contributed by atoms with Gasteiger partial charge in [0.2, 0.25) is 0 Å². The highest BCUT2D eigenvalue weighted by atomic mass is 16.6. The number of hydrogen-bond donors (Lipinski definition) is 0. The zero-order valence-corrected chi connectivity index (χ0v) is 13.6. The Bertz CT molecular complexity index is 580. The van der Waals surface area contributed by atoms with Crippen LogP contribution in [0.1, 0.15) is 55.3 Å². The molecule has 4 heteroatoms. The van der Waals surface area contributed by atoms with Crippen molar-refractivity contribution >= 4 is 5.91 Å². The SMILES string of the molecule is O=C(c1cccc2c1OCCO2)N1CCC[C@H]1C1CCCCC1. The zero-order valence-electron chi connectivity index (χ0n) is 13.6. The molecule has 124 valence electrons. The van der Waals surface area contributed by atoms with Crippen LogP contribution in [0.4, 0.5) is 0 Å². The summed E-state index contributed by atoms with van der Waals surface area (Å²) in [5.74, 6) is 2.15. The minimum Gasteiger partial charge on any atom is -0.486 e.